The third-order valence-electron chi connectivity index (χ3n) is 4.67. The Kier molecular flexibility index (Phi) is 4.15. The standard InChI is InChI=1S/C17H25N3O/c1-4-20-14(3)13(2)15-7-8-18-17(16(15)20)21-12-11-19-9-5-6-10-19/h7-8H,4-6,9-12H2,1-3H3. The first-order valence-electron chi connectivity index (χ1n) is 8.02. The second kappa shape index (κ2) is 6.06. The molecule has 4 nitrogen and oxygen atoms in total. The van der Waals surface area contributed by atoms with Crippen LogP contribution in [0.25, 0.3) is 10.9 Å². The molecule has 1 saturated heterocycles. The fourth-order valence-electron chi connectivity index (χ4n) is 3.34. The van der Waals surface area contributed by atoms with Gasteiger partial charge in [-0.05, 0) is 58.3 Å². The van der Waals surface area contributed by atoms with Gasteiger partial charge in [0.25, 0.3) is 0 Å². The molecule has 0 bridgehead atoms. The van der Waals surface area contributed by atoms with E-state index in [1.54, 1.807) is 0 Å². The molecule has 0 radical (unpaired) electrons. The van der Waals surface area contributed by atoms with Crippen molar-refractivity contribution in [3.05, 3.63) is 23.5 Å². The zero-order chi connectivity index (χ0) is 14.8. The molecular weight excluding hydrogens is 262 g/mol. The Morgan fingerprint density at radius 1 is 1.24 bits per heavy atom. The molecule has 1 aliphatic rings. The van der Waals surface area contributed by atoms with Crippen LogP contribution in [0.1, 0.15) is 31.0 Å². The summed E-state index contributed by atoms with van der Waals surface area (Å²) >= 11 is 0. The van der Waals surface area contributed by atoms with Gasteiger partial charge in [0, 0.05) is 30.4 Å². The largest absolute Gasteiger partial charge is 0.475 e. The molecule has 2 aromatic rings. The van der Waals surface area contributed by atoms with Crippen LogP contribution in [-0.4, -0.2) is 40.7 Å². The van der Waals surface area contributed by atoms with E-state index in [1.807, 2.05) is 6.20 Å². The topological polar surface area (TPSA) is 30.3 Å². The Labute approximate surface area is 126 Å². The van der Waals surface area contributed by atoms with E-state index in [-0.39, 0.29) is 0 Å². The molecule has 0 atom stereocenters. The summed E-state index contributed by atoms with van der Waals surface area (Å²) in [4.78, 5) is 6.94. The van der Waals surface area contributed by atoms with E-state index >= 15 is 0 Å². The molecule has 2 aromatic heterocycles. The molecule has 1 aliphatic heterocycles. The average Bonchev–Trinajstić information content (AvgIpc) is 3.08. The molecule has 0 amide bonds. The number of hydrogen-bond donors (Lipinski definition) is 0. The lowest BCUT2D eigenvalue weighted by molar-refractivity contribution is 0.233. The second-order valence-corrected chi connectivity index (χ2v) is 5.86. The molecule has 114 valence electrons. The number of fused-ring (bicyclic) bond motifs is 1. The van der Waals surface area contributed by atoms with Crippen LogP contribution in [0, 0.1) is 13.8 Å². The molecule has 21 heavy (non-hydrogen) atoms. The highest BCUT2D eigenvalue weighted by Gasteiger charge is 2.16. The van der Waals surface area contributed by atoms with Crippen LogP contribution in [0.5, 0.6) is 5.88 Å². The number of aromatic nitrogens is 2. The van der Waals surface area contributed by atoms with Gasteiger partial charge < -0.3 is 9.30 Å². The van der Waals surface area contributed by atoms with Crippen molar-refractivity contribution in [3.63, 3.8) is 0 Å². The van der Waals surface area contributed by atoms with Crippen LogP contribution in [0.4, 0.5) is 0 Å². The van der Waals surface area contributed by atoms with Crippen molar-refractivity contribution in [1.82, 2.24) is 14.5 Å². The smallest absolute Gasteiger partial charge is 0.238 e. The quantitative estimate of drug-likeness (QED) is 0.846. The van der Waals surface area contributed by atoms with Crippen molar-refractivity contribution >= 4 is 10.9 Å². The summed E-state index contributed by atoms with van der Waals surface area (Å²) in [5.41, 5.74) is 3.79. The summed E-state index contributed by atoms with van der Waals surface area (Å²) < 4.78 is 8.33. The Balaban J connectivity index is 1.82. The minimum absolute atomic E-state index is 0.721. The Bertz CT molecular complexity index is 626. The second-order valence-electron chi connectivity index (χ2n) is 5.86. The Hall–Kier alpha value is -1.55. The summed E-state index contributed by atoms with van der Waals surface area (Å²) in [6.07, 6.45) is 4.51. The summed E-state index contributed by atoms with van der Waals surface area (Å²) in [5, 5.41) is 1.26. The molecule has 0 aliphatic carbocycles. The van der Waals surface area contributed by atoms with Crippen LogP contribution in [-0.2, 0) is 6.54 Å². The lowest BCUT2D eigenvalue weighted by atomic mass is 10.2. The predicted octanol–water partition coefficient (Wildman–Crippen LogP) is 3.15. The highest BCUT2D eigenvalue weighted by atomic mass is 16.5. The predicted molar refractivity (Wildman–Crippen MR) is 86.1 cm³/mol. The lowest BCUT2D eigenvalue weighted by Gasteiger charge is -2.15. The molecular formula is C17H25N3O. The summed E-state index contributed by atoms with van der Waals surface area (Å²) in [6, 6.07) is 2.09. The van der Waals surface area contributed by atoms with Gasteiger partial charge in [0.05, 0.1) is 0 Å². The number of hydrogen-bond acceptors (Lipinski definition) is 3. The van der Waals surface area contributed by atoms with E-state index < -0.39 is 0 Å². The van der Waals surface area contributed by atoms with Gasteiger partial charge in [0.1, 0.15) is 12.1 Å². The van der Waals surface area contributed by atoms with Crippen LogP contribution in [0.2, 0.25) is 0 Å². The number of ether oxygens (including phenoxy) is 1. The van der Waals surface area contributed by atoms with Crippen LogP contribution >= 0.6 is 0 Å². The zero-order valence-corrected chi connectivity index (χ0v) is 13.4. The van der Waals surface area contributed by atoms with Crippen LogP contribution in [0.3, 0.4) is 0 Å². The number of aryl methyl sites for hydroxylation is 2. The van der Waals surface area contributed by atoms with E-state index in [1.165, 1.54) is 42.6 Å². The molecule has 0 spiro atoms. The first kappa shape index (κ1) is 14.4. The van der Waals surface area contributed by atoms with Gasteiger partial charge in [-0.1, -0.05) is 0 Å². The third kappa shape index (κ3) is 2.64. The average molecular weight is 287 g/mol. The number of likely N-dealkylation sites (tertiary alicyclic amines) is 1. The molecule has 0 N–H and O–H groups in total. The maximum atomic E-state index is 6.02. The summed E-state index contributed by atoms with van der Waals surface area (Å²) in [6.45, 7) is 11.6. The van der Waals surface area contributed by atoms with E-state index in [2.05, 4.69) is 41.3 Å². The van der Waals surface area contributed by atoms with Crippen LogP contribution in [0.15, 0.2) is 12.3 Å². The van der Waals surface area contributed by atoms with E-state index in [0.717, 1.165) is 31.1 Å². The highest BCUT2D eigenvalue weighted by Crippen LogP contribution is 2.30. The molecule has 3 rings (SSSR count). The molecule has 0 aromatic carbocycles. The van der Waals surface area contributed by atoms with Gasteiger partial charge in [-0.2, -0.15) is 0 Å². The van der Waals surface area contributed by atoms with Crippen molar-refractivity contribution in [1.29, 1.82) is 0 Å². The van der Waals surface area contributed by atoms with Crippen molar-refractivity contribution < 1.29 is 4.74 Å². The van der Waals surface area contributed by atoms with Gasteiger partial charge in [-0.25, -0.2) is 4.98 Å². The van der Waals surface area contributed by atoms with Crippen molar-refractivity contribution in [2.75, 3.05) is 26.2 Å². The summed E-state index contributed by atoms with van der Waals surface area (Å²) in [7, 11) is 0. The van der Waals surface area contributed by atoms with Crippen LogP contribution < -0.4 is 4.74 Å². The van der Waals surface area contributed by atoms with E-state index in [0.29, 0.717) is 0 Å². The summed E-state index contributed by atoms with van der Waals surface area (Å²) in [5.74, 6) is 0.782. The number of pyridine rings is 1. The first-order chi connectivity index (χ1) is 10.2. The van der Waals surface area contributed by atoms with E-state index in [9.17, 15) is 0 Å². The Morgan fingerprint density at radius 2 is 2.00 bits per heavy atom. The fraction of sp³-hybridized carbons (Fsp3) is 0.588. The first-order valence-corrected chi connectivity index (χ1v) is 8.02. The number of nitrogens with zero attached hydrogens (tertiary/aromatic N) is 3. The van der Waals surface area contributed by atoms with Gasteiger partial charge in [0.2, 0.25) is 5.88 Å². The molecule has 1 fully saturated rings. The number of rotatable bonds is 5. The normalized spacial score (nSPS) is 16.0. The molecule has 4 heteroatoms. The minimum Gasteiger partial charge on any atom is -0.475 e. The molecule has 0 unspecified atom stereocenters. The SMILES string of the molecule is CCn1c(C)c(C)c2ccnc(OCCN3CCCC3)c21. The van der Waals surface area contributed by atoms with Gasteiger partial charge in [0.15, 0.2) is 0 Å². The monoisotopic (exact) mass is 287 g/mol. The maximum Gasteiger partial charge on any atom is 0.238 e. The minimum atomic E-state index is 0.721. The third-order valence-corrected chi connectivity index (χ3v) is 4.67. The lowest BCUT2D eigenvalue weighted by Crippen LogP contribution is -2.25. The van der Waals surface area contributed by atoms with Gasteiger partial charge in [-0.15, -0.1) is 0 Å². The molecule has 0 saturated carbocycles. The zero-order valence-electron chi connectivity index (χ0n) is 13.4. The van der Waals surface area contributed by atoms with Crippen molar-refractivity contribution in [2.45, 2.75) is 40.2 Å². The fourth-order valence-corrected chi connectivity index (χ4v) is 3.34. The van der Waals surface area contributed by atoms with Crippen molar-refractivity contribution in [2.24, 2.45) is 0 Å². The highest BCUT2D eigenvalue weighted by molar-refractivity contribution is 5.88. The van der Waals surface area contributed by atoms with E-state index in [4.69, 9.17) is 4.74 Å². The van der Waals surface area contributed by atoms with Gasteiger partial charge >= 0.3 is 0 Å². The van der Waals surface area contributed by atoms with Crippen molar-refractivity contribution in [3.8, 4) is 5.88 Å². The Morgan fingerprint density at radius 3 is 2.71 bits per heavy atom. The molecule has 3 heterocycles. The van der Waals surface area contributed by atoms with Gasteiger partial charge in [-0.3, -0.25) is 4.90 Å². The maximum absolute atomic E-state index is 6.02.